The molecule has 0 radical (unpaired) electrons. The van der Waals surface area contributed by atoms with E-state index in [0.717, 1.165) is 25.7 Å². The molecule has 16 heavy (non-hydrogen) atoms. The summed E-state index contributed by atoms with van der Waals surface area (Å²) < 4.78 is 0. The quantitative estimate of drug-likeness (QED) is 0.506. The lowest BCUT2D eigenvalue weighted by atomic mass is 9.94. The lowest BCUT2D eigenvalue weighted by Crippen LogP contribution is -1.99. The largest absolute Gasteiger partial charge is 0.126 e. The molecule has 88 valence electrons. The molecule has 1 aromatic carbocycles. The van der Waals surface area contributed by atoms with Crippen molar-refractivity contribution in [3.63, 3.8) is 0 Å². The second-order valence-corrected chi connectivity index (χ2v) is 4.55. The second-order valence-electron chi connectivity index (χ2n) is 4.17. The van der Waals surface area contributed by atoms with E-state index >= 15 is 0 Å². The van der Waals surface area contributed by atoms with Crippen molar-refractivity contribution in [2.24, 2.45) is 0 Å². The van der Waals surface area contributed by atoms with Crippen molar-refractivity contribution < 1.29 is 0 Å². The Morgan fingerprint density at radius 3 is 2.44 bits per heavy atom. The summed E-state index contributed by atoms with van der Waals surface area (Å²) in [4.78, 5) is 0. The van der Waals surface area contributed by atoms with Crippen LogP contribution in [-0.2, 0) is 19.3 Å². The number of aryl methyl sites for hydroxylation is 4. The summed E-state index contributed by atoms with van der Waals surface area (Å²) in [5.74, 6) is 0.700. The Morgan fingerprint density at radius 1 is 1.19 bits per heavy atom. The summed E-state index contributed by atoms with van der Waals surface area (Å²) in [7, 11) is 0. The summed E-state index contributed by atoms with van der Waals surface area (Å²) in [6.07, 6.45) is 6.19. The Kier molecular flexibility index (Phi) is 5.62. The van der Waals surface area contributed by atoms with Crippen molar-refractivity contribution in [3.8, 4) is 0 Å². The number of halogens is 1. The van der Waals surface area contributed by atoms with Gasteiger partial charge in [0.25, 0.3) is 0 Å². The van der Waals surface area contributed by atoms with Gasteiger partial charge in [0.05, 0.1) is 0 Å². The minimum absolute atomic E-state index is 0.700. The average Bonchev–Trinajstić information content (AvgIpc) is 2.28. The molecule has 0 saturated carbocycles. The van der Waals surface area contributed by atoms with Crippen molar-refractivity contribution in [2.75, 3.05) is 5.88 Å². The minimum Gasteiger partial charge on any atom is -0.126 e. The van der Waals surface area contributed by atoms with Crippen LogP contribution in [-0.4, -0.2) is 5.88 Å². The van der Waals surface area contributed by atoms with E-state index < -0.39 is 0 Å². The van der Waals surface area contributed by atoms with Gasteiger partial charge in [0.2, 0.25) is 0 Å². The fourth-order valence-corrected chi connectivity index (χ4v) is 2.27. The molecule has 0 aliphatic carbocycles. The van der Waals surface area contributed by atoms with Crippen LogP contribution in [0.5, 0.6) is 0 Å². The van der Waals surface area contributed by atoms with Gasteiger partial charge in [0.1, 0.15) is 0 Å². The van der Waals surface area contributed by atoms with E-state index in [4.69, 9.17) is 11.6 Å². The van der Waals surface area contributed by atoms with Crippen LogP contribution in [0.4, 0.5) is 0 Å². The van der Waals surface area contributed by atoms with Gasteiger partial charge in [-0.3, -0.25) is 0 Å². The normalized spacial score (nSPS) is 10.4. The number of hydrogen-bond acceptors (Lipinski definition) is 0. The van der Waals surface area contributed by atoms with Gasteiger partial charge >= 0.3 is 0 Å². The van der Waals surface area contributed by atoms with Crippen molar-refractivity contribution in [2.45, 2.75) is 39.5 Å². The molecule has 0 unspecified atom stereocenters. The summed E-state index contributed by atoms with van der Waals surface area (Å²) in [5, 5.41) is 0. The zero-order valence-electron chi connectivity index (χ0n) is 10.4. The molecule has 0 spiro atoms. The number of rotatable bonds is 6. The molecular weight excluding hydrogens is 216 g/mol. The van der Waals surface area contributed by atoms with Crippen LogP contribution < -0.4 is 0 Å². The highest BCUT2D eigenvalue weighted by Crippen LogP contribution is 2.20. The Hall–Kier alpha value is -0.750. The third kappa shape index (κ3) is 3.38. The molecule has 0 N–H and O–H groups in total. The molecule has 0 aromatic heterocycles. The van der Waals surface area contributed by atoms with Crippen LogP contribution in [0.25, 0.3) is 0 Å². The van der Waals surface area contributed by atoms with Gasteiger partial charge in [-0.1, -0.05) is 25.1 Å². The summed E-state index contributed by atoms with van der Waals surface area (Å²) in [6.45, 7) is 8.18. The van der Waals surface area contributed by atoms with E-state index in [1.54, 1.807) is 0 Å². The van der Waals surface area contributed by atoms with E-state index in [9.17, 15) is 0 Å². The smallest absolute Gasteiger partial charge is 0.0264 e. The van der Waals surface area contributed by atoms with E-state index in [2.05, 4.69) is 32.6 Å². The minimum atomic E-state index is 0.700. The predicted molar refractivity (Wildman–Crippen MR) is 73.5 cm³/mol. The van der Waals surface area contributed by atoms with Gasteiger partial charge < -0.3 is 0 Å². The first kappa shape index (κ1) is 13.3. The molecule has 0 aliphatic rings. The SMILES string of the molecule is C=CCCc1cc(CC)c(C)cc1CCCl. The first-order chi connectivity index (χ1) is 7.72. The molecule has 0 fully saturated rings. The molecule has 1 heteroatoms. The van der Waals surface area contributed by atoms with Crippen molar-refractivity contribution >= 4 is 11.6 Å². The molecular formula is C15H21Cl. The maximum absolute atomic E-state index is 5.85. The van der Waals surface area contributed by atoms with Crippen LogP contribution in [0.3, 0.4) is 0 Å². The Labute approximate surface area is 104 Å². The second kappa shape index (κ2) is 6.75. The standard InChI is InChI=1S/C15H21Cl/c1-4-6-7-14-11-13(5-2)12(3)10-15(14)8-9-16/h4,10-11H,1,5-9H2,2-3H3. The number of alkyl halides is 1. The molecule has 0 heterocycles. The molecule has 1 rings (SSSR count). The average molecular weight is 237 g/mol. The van der Waals surface area contributed by atoms with Crippen LogP contribution >= 0.6 is 11.6 Å². The molecule has 0 saturated heterocycles. The first-order valence-corrected chi connectivity index (χ1v) is 6.54. The Morgan fingerprint density at radius 2 is 1.88 bits per heavy atom. The third-order valence-electron chi connectivity index (χ3n) is 3.02. The number of allylic oxidation sites excluding steroid dienone is 1. The maximum atomic E-state index is 5.85. The molecule has 0 nitrogen and oxygen atoms in total. The number of benzene rings is 1. The monoisotopic (exact) mass is 236 g/mol. The molecule has 1 aromatic rings. The molecule has 0 aliphatic heterocycles. The van der Waals surface area contributed by atoms with Gasteiger partial charge in [0.15, 0.2) is 0 Å². The van der Waals surface area contributed by atoms with Gasteiger partial charge in [-0.05, 0) is 54.9 Å². The van der Waals surface area contributed by atoms with Crippen LogP contribution in [0.15, 0.2) is 24.8 Å². The van der Waals surface area contributed by atoms with E-state index in [0.29, 0.717) is 5.88 Å². The Balaban J connectivity index is 3.03. The zero-order valence-corrected chi connectivity index (χ0v) is 11.1. The maximum Gasteiger partial charge on any atom is 0.0264 e. The van der Waals surface area contributed by atoms with Crippen molar-refractivity contribution in [1.29, 1.82) is 0 Å². The van der Waals surface area contributed by atoms with Crippen LogP contribution in [0.1, 0.15) is 35.6 Å². The van der Waals surface area contributed by atoms with Crippen molar-refractivity contribution in [3.05, 3.63) is 47.0 Å². The molecule has 0 amide bonds. The highest BCUT2D eigenvalue weighted by molar-refractivity contribution is 6.18. The van der Waals surface area contributed by atoms with E-state index in [1.165, 1.54) is 22.3 Å². The lowest BCUT2D eigenvalue weighted by Gasteiger charge is -2.12. The zero-order chi connectivity index (χ0) is 12.0. The van der Waals surface area contributed by atoms with Crippen LogP contribution in [0, 0.1) is 6.92 Å². The number of hydrogen-bond donors (Lipinski definition) is 0. The van der Waals surface area contributed by atoms with E-state index in [-0.39, 0.29) is 0 Å². The molecule has 0 bridgehead atoms. The van der Waals surface area contributed by atoms with E-state index in [1.807, 2.05) is 6.08 Å². The fraction of sp³-hybridized carbons (Fsp3) is 0.467. The first-order valence-electron chi connectivity index (χ1n) is 6.01. The van der Waals surface area contributed by atoms with Gasteiger partial charge in [-0.15, -0.1) is 18.2 Å². The summed E-state index contributed by atoms with van der Waals surface area (Å²) >= 11 is 5.85. The lowest BCUT2D eigenvalue weighted by molar-refractivity contribution is 0.947. The summed E-state index contributed by atoms with van der Waals surface area (Å²) in [6, 6.07) is 4.65. The van der Waals surface area contributed by atoms with Gasteiger partial charge in [-0.2, -0.15) is 0 Å². The summed E-state index contributed by atoms with van der Waals surface area (Å²) in [5.41, 5.74) is 5.71. The fourth-order valence-electron chi connectivity index (χ4n) is 2.07. The Bertz CT molecular complexity index is 353. The van der Waals surface area contributed by atoms with Gasteiger partial charge in [0, 0.05) is 5.88 Å². The third-order valence-corrected chi connectivity index (χ3v) is 3.21. The predicted octanol–water partition coefficient (Wildman–Crippen LogP) is 4.46. The highest BCUT2D eigenvalue weighted by atomic mass is 35.5. The topological polar surface area (TPSA) is 0 Å². The van der Waals surface area contributed by atoms with Crippen LogP contribution in [0.2, 0.25) is 0 Å². The highest BCUT2D eigenvalue weighted by Gasteiger charge is 2.05. The molecule has 0 atom stereocenters. The van der Waals surface area contributed by atoms with Crippen molar-refractivity contribution in [1.82, 2.24) is 0 Å². The van der Waals surface area contributed by atoms with Gasteiger partial charge in [-0.25, -0.2) is 0 Å².